The first-order valence-corrected chi connectivity index (χ1v) is 7.30. The number of halogens is 1. The first kappa shape index (κ1) is 14.8. The van der Waals surface area contributed by atoms with Gasteiger partial charge in [-0.25, -0.2) is 0 Å². The van der Waals surface area contributed by atoms with Gasteiger partial charge in [-0.15, -0.1) is 0 Å². The van der Waals surface area contributed by atoms with Crippen LogP contribution in [0.1, 0.15) is 40.2 Å². The SMILES string of the molecule is C/C(=C\c1ccc(Br)cc1)B1OC(C)(C)C(C)(C)O1. The highest BCUT2D eigenvalue weighted by Gasteiger charge is 2.51. The van der Waals surface area contributed by atoms with Crippen LogP contribution >= 0.6 is 15.9 Å². The monoisotopic (exact) mass is 322 g/mol. The summed E-state index contributed by atoms with van der Waals surface area (Å²) in [6, 6.07) is 8.20. The number of hydrogen-bond acceptors (Lipinski definition) is 2. The molecule has 1 fully saturated rings. The van der Waals surface area contributed by atoms with E-state index in [1.165, 1.54) is 0 Å². The zero-order valence-corrected chi connectivity index (χ0v) is 13.7. The molecular weight excluding hydrogens is 303 g/mol. The van der Waals surface area contributed by atoms with Crippen molar-refractivity contribution in [2.75, 3.05) is 0 Å². The van der Waals surface area contributed by atoms with Gasteiger partial charge in [-0.2, -0.15) is 0 Å². The molecule has 0 amide bonds. The smallest absolute Gasteiger partial charge is 0.400 e. The van der Waals surface area contributed by atoms with Crippen LogP contribution in [0.3, 0.4) is 0 Å². The predicted octanol–water partition coefficient (Wildman–Crippen LogP) is 4.48. The van der Waals surface area contributed by atoms with E-state index in [4.69, 9.17) is 9.31 Å². The van der Waals surface area contributed by atoms with Gasteiger partial charge in [0.15, 0.2) is 0 Å². The largest absolute Gasteiger partial charge is 0.490 e. The molecule has 2 nitrogen and oxygen atoms in total. The fourth-order valence-electron chi connectivity index (χ4n) is 1.92. The van der Waals surface area contributed by atoms with E-state index in [9.17, 15) is 0 Å². The van der Waals surface area contributed by atoms with Crippen molar-refractivity contribution in [2.45, 2.75) is 45.8 Å². The van der Waals surface area contributed by atoms with E-state index in [-0.39, 0.29) is 18.3 Å². The summed E-state index contributed by atoms with van der Waals surface area (Å²) in [5.41, 5.74) is 1.66. The molecule has 4 heteroatoms. The van der Waals surface area contributed by atoms with Crippen molar-refractivity contribution in [2.24, 2.45) is 0 Å². The summed E-state index contributed by atoms with van der Waals surface area (Å²) in [5, 5.41) is 0. The second kappa shape index (κ2) is 5.08. The second-order valence-electron chi connectivity index (χ2n) is 6.03. The maximum Gasteiger partial charge on any atom is 0.490 e. The molecule has 0 unspecified atom stereocenters. The van der Waals surface area contributed by atoms with Crippen LogP contribution in [-0.4, -0.2) is 18.3 Å². The molecule has 1 aromatic carbocycles. The van der Waals surface area contributed by atoms with Gasteiger partial charge in [-0.1, -0.05) is 34.1 Å². The fourth-order valence-corrected chi connectivity index (χ4v) is 2.18. The van der Waals surface area contributed by atoms with Crippen LogP contribution in [0.4, 0.5) is 0 Å². The zero-order chi connectivity index (χ0) is 14.3. The second-order valence-corrected chi connectivity index (χ2v) is 6.94. The third-order valence-corrected chi connectivity index (χ3v) is 4.42. The predicted molar refractivity (Wildman–Crippen MR) is 83.9 cm³/mol. The normalized spacial score (nSPS) is 21.8. The molecule has 0 aliphatic carbocycles. The van der Waals surface area contributed by atoms with Gasteiger partial charge < -0.3 is 9.31 Å². The standard InChI is InChI=1S/C15H20BBrO2/c1-11(10-12-6-8-13(17)9-7-12)16-18-14(2,3)15(4,5)19-16/h6-10H,1-5H3/b11-10+. The Kier molecular flexibility index (Phi) is 3.96. The van der Waals surface area contributed by atoms with Gasteiger partial charge in [0.1, 0.15) is 0 Å². The highest BCUT2D eigenvalue weighted by Crippen LogP contribution is 2.38. The van der Waals surface area contributed by atoms with Crippen LogP contribution in [0.2, 0.25) is 0 Å². The Morgan fingerprint density at radius 2 is 1.53 bits per heavy atom. The number of hydrogen-bond donors (Lipinski definition) is 0. The van der Waals surface area contributed by atoms with Crippen LogP contribution in [-0.2, 0) is 9.31 Å². The molecule has 102 valence electrons. The molecule has 1 aliphatic heterocycles. The first-order valence-electron chi connectivity index (χ1n) is 6.51. The van der Waals surface area contributed by atoms with Crippen molar-refractivity contribution < 1.29 is 9.31 Å². The van der Waals surface area contributed by atoms with E-state index in [1.54, 1.807) is 0 Å². The van der Waals surface area contributed by atoms with Crippen LogP contribution < -0.4 is 0 Å². The number of rotatable bonds is 2. The summed E-state index contributed by atoms with van der Waals surface area (Å²) >= 11 is 3.44. The average molecular weight is 323 g/mol. The van der Waals surface area contributed by atoms with Crippen molar-refractivity contribution in [1.82, 2.24) is 0 Å². The van der Waals surface area contributed by atoms with Crippen molar-refractivity contribution in [1.29, 1.82) is 0 Å². The van der Waals surface area contributed by atoms with Gasteiger partial charge in [0.25, 0.3) is 0 Å². The van der Waals surface area contributed by atoms with Crippen LogP contribution in [0.15, 0.2) is 34.2 Å². The minimum Gasteiger partial charge on any atom is -0.400 e. The summed E-state index contributed by atoms with van der Waals surface area (Å²) in [4.78, 5) is 0. The molecule has 1 aromatic rings. The molecule has 0 atom stereocenters. The topological polar surface area (TPSA) is 18.5 Å². The fraction of sp³-hybridized carbons (Fsp3) is 0.467. The van der Waals surface area contributed by atoms with Gasteiger partial charge >= 0.3 is 7.12 Å². The highest BCUT2D eigenvalue weighted by atomic mass is 79.9. The van der Waals surface area contributed by atoms with E-state index in [0.717, 1.165) is 15.5 Å². The summed E-state index contributed by atoms with van der Waals surface area (Å²) in [7, 11) is -0.270. The lowest BCUT2D eigenvalue weighted by atomic mass is 9.78. The molecule has 1 saturated heterocycles. The van der Waals surface area contributed by atoms with E-state index < -0.39 is 0 Å². The van der Waals surface area contributed by atoms with Gasteiger partial charge in [-0.3, -0.25) is 0 Å². The Morgan fingerprint density at radius 1 is 1.05 bits per heavy atom. The summed E-state index contributed by atoms with van der Waals surface area (Å²) in [5.74, 6) is 0. The lowest BCUT2D eigenvalue weighted by Gasteiger charge is -2.32. The van der Waals surface area contributed by atoms with Crippen molar-refractivity contribution in [3.8, 4) is 0 Å². The summed E-state index contributed by atoms with van der Waals surface area (Å²) in [6.07, 6.45) is 2.11. The summed E-state index contributed by atoms with van der Waals surface area (Å²) in [6.45, 7) is 10.3. The molecule has 0 saturated carbocycles. The third kappa shape index (κ3) is 3.12. The van der Waals surface area contributed by atoms with E-state index >= 15 is 0 Å². The van der Waals surface area contributed by atoms with E-state index in [0.29, 0.717) is 0 Å². The Hall–Kier alpha value is -0.575. The van der Waals surface area contributed by atoms with Gasteiger partial charge in [0.05, 0.1) is 11.2 Å². The molecule has 1 aliphatic rings. The number of allylic oxidation sites excluding steroid dienone is 1. The van der Waals surface area contributed by atoms with Gasteiger partial charge in [-0.05, 0) is 57.8 Å². The molecule has 0 bridgehead atoms. The van der Waals surface area contributed by atoms with Crippen molar-refractivity contribution in [3.05, 3.63) is 39.8 Å². The Bertz CT molecular complexity index is 475. The van der Waals surface area contributed by atoms with Crippen molar-refractivity contribution in [3.63, 3.8) is 0 Å². The summed E-state index contributed by atoms with van der Waals surface area (Å²) < 4.78 is 13.1. The van der Waals surface area contributed by atoms with Crippen LogP contribution in [0.25, 0.3) is 6.08 Å². The van der Waals surface area contributed by atoms with Crippen LogP contribution in [0.5, 0.6) is 0 Å². The third-order valence-electron chi connectivity index (χ3n) is 3.89. The maximum absolute atomic E-state index is 6.02. The number of benzene rings is 1. The molecule has 0 spiro atoms. The van der Waals surface area contributed by atoms with Crippen molar-refractivity contribution >= 4 is 29.1 Å². The van der Waals surface area contributed by atoms with Gasteiger partial charge in [0, 0.05) is 4.47 Å². The molecule has 2 rings (SSSR count). The highest BCUT2D eigenvalue weighted by molar-refractivity contribution is 9.10. The van der Waals surface area contributed by atoms with Crippen LogP contribution in [0, 0.1) is 0 Å². The van der Waals surface area contributed by atoms with E-state index in [2.05, 4.69) is 61.8 Å². The minimum absolute atomic E-state index is 0.270. The Labute approximate surface area is 124 Å². The molecule has 0 aromatic heterocycles. The van der Waals surface area contributed by atoms with E-state index in [1.807, 2.05) is 19.1 Å². The minimum atomic E-state index is -0.285. The van der Waals surface area contributed by atoms with Gasteiger partial charge in [0.2, 0.25) is 0 Å². The molecule has 0 radical (unpaired) electrons. The zero-order valence-electron chi connectivity index (χ0n) is 12.2. The lowest BCUT2D eigenvalue weighted by Crippen LogP contribution is -2.41. The quantitative estimate of drug-likeness (QED) is 0.747. The maximum atomic E-state index is 6.02. The molecule has 0 N–H and O–H groups in total. The molecular formula is C15H20BBrO2. The molecule has 1 heterocycles. The Morgan fingerprint density at radius 3 is 2.00 bits per heavy atom. The average Bonchev–Trinajstić information content (AvgIpc) is 2.51. The lowest BCUT2D eigenvalue weighted by molar-refractivity contribution is 0.00578. The molecule has 19 heavy (non-hydrogen) atoms. The Balaban J connectivity index is 2.17. The first-order chi connectivity index (χ1) is 8.71.